The molecule has 0 aromatic rings. The lowest BCUT2D eigenvalue weighted by Crippen LogP contribution is -2.45. The fraction of sp³-hybridized carbons (Fsp3) is 1.00. The maximum atomic E-state index is 5.21. The second kappa shape index (κ2) is 3.18. The Morgan fingerprint density at radius 3 is 2.11 bits per heavy atom. The van der Waals surface area contributed by atoms with Crippen LogP contribution in [0, 0.1) is 0 Å². The van der Waals surface area contributed by atoms with Gasteiger partial charge in [0.05, 0.1) is 0 Å². The molecule has 1 rings (SSSR count). The first-order valence-corrected chi connectivity index (χ1v) is 3.62. The van der Waals surface area contributed by atoms with Gasteiger partial charge in [0.15, 0.2) is 0 Å². The van der Waals surface area contributed by atoms with Gasteiger partial charge in [-0.05, 0) is 13.8 Å². The number of morpholine rings is 1. The summed E-state index contributed by atoms with van der Waals surface area (Å²) in [5.41, 5.74) is 0. The minimum Gasteiger partial charge on any atom is -0.369 e. The van der Waals surface area contributed by atoms with Gasteiger partial charge in [0.25, 0.3) is 0 Å². The molecule has 1 aliphatic heterocycles. The van der Waals surface area contributed by atoms with Crippen LogP contribution in [0.15, 0.2) is 0 Å². The van der Waals surface area contributed by atoms with E-state index in [0.29, 0.717) is 6.04 Å². The first-order valence-electron chi connectivity index (χ1n) is 3.62. The van der Waals surface area contributed by atoms with Gasteiger partial charge in [-0.2, -0.15) is 4.90 Å². The fourth-order valence-corrected chi connectivity index (χ4v) is 1.09. The van der Waals surface area contributed by atoms with Crippen molar-refractivity contribution in [1.82, 2.24) is 4.90 Å². The van der Waals surface area contributed by atoms with Crippen molar-refractivity contribution in [2.45, 2.75) is 19.9 Å². The minimum atomic E-state index is 0.689. The predicted molar refractivity (Wildman–Crippen MR) is 37.8 cm³/mol. The molecule has 1 heterocycles. The van der Waals surface area contributed by atoms with E-state index in [2.05, 4.69) is 18.7 Å². The molecule has 1 saturated heterocycles. The van der Waals surface area contributed by atoms with Gasteiger partial charge in [0, 0.05) is 0 Å². The SMILES string of the molecule is CC(C)[N+]1CCOCC1. The van der Waals surface area contributed by atoms with Gasteiger partial charge in [-0.3, -0.25) is 0 Å². The van der Waals surface area contributed by atoms with Crippen LogP contribution in [0.25, 0.3) is 0 Å². The van der Waals surface area contributed by atoms with Crippen LogP contribution in [0.2, 0.25) is 0 Å². The molecule has 0 saturated carbocycles. The molecule has 1 fully saturated rings. The zero-order valence-electron chi connectivity index (χ0n) is 6.26. The van der Waals surface area contributed by atoms with Gasteiger partial charge >= 0.3 is 0 Å². The summed E-state index contributed by atoms with van der Waals surface area (Å²) in [4.78, 5) is 2.43. The zero-order chi connectivity index (χ0) is 6.69. The molecule has 0 bridgehead atoms. The average molecular weight is 129 g/mol. The van der Waals surface area contributed by atoms with E-state index >= 15 is 0 Å². The van der Waals surface area contributed by atoms with Crippen LogP contribution in [0.4, 0.5) is 0 Å². The summed E-state index contributed by atoms with van der Waals surface area (Å²) in [5, 5.41) is 0. The summed E-state index contributed by atoms with van der Waals surface area (Å²) in [6, 6.07) is 0.689. The smallest absolute Gasteiger partial charge is 0.146 e. The van der Waals surface area contributed by atoms with Crippen LogP contribution in [-0.4, -0.2) is 32.3 Å². The Morgan fingerprint density at radius 1 is 1.22 bits per heavy atom. The molecule has 0 aromatic carbocycles. The predicted octanol–water partition coefficient (Wildman–Crippen LogP) is 0.565. The molecule has 9 heavy (non-hydrogen) atoms. The number of nitrogens with zero attached hydrogens (tertiary/aromatic N) is 1. The van der Waals surface area contributed by atoms with Crippen LogP contribution < -0.4 is 4.90 Å². The summed E-state index contributed by atoms with van der Waals surface area (Å²) in [7, 11) is 0. The van der Waals surface area contributed by atoms with E-state index in [1.807, 2.05) is 0 Å². The van der Waals surface area contributed by atoms with Crippen LogP contribution in [-0.2, 0) is 4.74 Å². The number of hydrogen-bond acceptors (Lipinski definition) is 2. The molecule has 0 aromatic heterocycles. The van der Waals surface area contributed by atoms with Gasteiger partial charge in [0.2, 0.25) is 0 Å². The highest BCUT2D eigenvalue weighted by Crippen LogP contribution is 1.97. The van der Waals surface area contributed by atoms with Crippen molar-refractivity contribution >= 4 is 0 Å². The molecule has 0 aliphatic carbocycles. The molecule has 0 amide bonds. The van der Waals surface area contributed by atoms with E-state index < -0.39 is 0 Å². The average Bonchev–Trinajstić information content (AvgIpc) is 1.90. The van der Waals surface area contributed by atoms with Crippen molar-refractivity contribution in [3.05, 3.63) is 0 Å². The number of rotatable bonds is 1. The van der Waals surface area contributed by atoms with Crippen molar-refractivity contribution in [2.24, 2.45) is 0 Å². The van der Waals surface area contributed by atoms with Crippen molar-refractivity contribution in [3.8, 4) is 0 Å². The van der Waals surface area contributed by atoms with Crippen LogP contribution >= 0.6 is 0 Å². The van der Waals surface area contributed by atoms with E-state index in [4.69, 9.17) is 4.74 Å². The molecular formula is C7H15NO+. The molecular weight excluding hydrogens is 114 g/mol. The topological polar surface area (TPSA) is 15.1 Å². The molecule has 0 N–H and O–H groups in total. The summed E-state index contributed by atoms with van der Waals surface area (Å²) in [5.74, 6) is 0. The third-order valence-corrected chi connectivity index (χ3v) is 1.78. The highest BCUT2D eigenvalue weighted by molar-refractivity contribution is 4.71. The standard InChI is InChI=1S/C7H15NO/c1-7(2)8-3-5-9-6-4-8/h7H,3-6H2,1-2H3/q+1. The Labute approximate surface area is 56.8 Å². The monoisotopic (exact) mass is 129 g/mol. The Morgan fingerprint density at radius 2 is 1.78 bits per heavy atom. The second-order valence-electron chi connectivity index (χ2n) is 2.74. The number of ether oxygens (including phenoxy) is 1. The third kappa shape index (κ3) is 1.95. The lowest BCUT2D eigenvalue weighted by Gasteiger charge is -2.20. The second-order valence-corrected chi connectivity index (χ2v) is 2.74. The first kappa shape index (κ1) is 7.03. The minimum absolute atomic E-state index is 0.689. The zero-order valence-corrected chi connectivity index (χ0v) is 6.26. The fourth-order valence-electron chi connectivity index (χ4n) is 1.09. The van der Waals surface area contributed by atoms with E-state index in [0.717, 1.165) is 26.3 Å². The molecule has 1 radical (unpaired) electrons. The summed E-state index contributed by atoms with van der Waals surface area (Å²) < 4.78 is 5.21. The first-order chi connectivity index (χ1) is 4.30. The maximum absolute atomic E-state index is 5.21. The maximum Gasteiger partial charge on any atom is 0.146 e. The van der Waals surface area contributed by atoms with Gasteiger partial charge < -0.3 is 4.74 Å². The number of hydrogen-bond donors (Lipinski definition) is 0. The Bertz CT molecular complexity index is 77.0. The highest BCUT2D eigenvalue weighted by atomic mass is 16.5. The Hall–Kier alpha value is -0.0800. The Balaban J connectivity index is 2.23. The van der Waals surface area contributed by atoms with Crippen molar-refractivity contribution < 1.29 is 4.74 Å². The third-order valence-electron chi connectivity index (χ3n) is 1.78. The molecule has 2 nitrogen and oxygen atoms in total. The van der Waals surface area contributed by atoms with Crippen LogP contribution in [0.5, 0.6) is 0 Å². The quantitative estimate of drug-likeness (QED) is 0.472. The van der Waals surface area contributed by atoms with E-state index in [9.17, 15) is 0 Å². The van der Waals surface area contributed by atoms with Gasteiger partial charge in [-0.15, -0.1) is 0 Å². The molecule has 53 valence electrons. The van der Waals surface area contributed by atoms with Crippen LogP contribution in [0.3, 0.4) is 0 Å². The van der Waals surface area contributed by atoms with Crippen molar-refractivity contribution in [1.29, 1.82) is 0 Å². The highest BCUT2D eigenvalue weighted by Gasteiger charge is 2.21. The van der Waals surface area contributed by atoms with Gasteiger partial charge in [-0.25, -0.2) is 0 Å². The summed E-state index contributed by atoms with van der Waals surface area (Å²) in [6.07, 6.45) is 0. The summed E-state index contributed by atoms with van der Waals surface area (Å²) in [6.45, 7) is 8.50. The summed E-state index contributed by atoms with van der Waals surface area (Å²) >= 11 is 0. The van der Waals surface area contributed by atoms with E-state index in [1.165, 1.54) is 0 Å². The lowest BCUT2D eigenvalue weighted by molar-refractivity contribution is 0.0663. The Kier molecular flexibility index (Phi) is 2.49. The molecule has 0 unspecified atom stereocenters. The van der Waals surface area contributed by atoms with Gasteiger partial charge in [0.1, 0.15) is 32.3 Å². The van der Waals surface area contributed by atoms with Crippen molar-refractivity contribution in [3.63, 3.8) is 0 Å². The van der Waals surface area contributed by atoms with E-state index in [-0.39, 0.29) is 0 Å². The van der Waals surface area contributed by atoms with E-state index in [1.54, 1.807) is 0 Å². The lowest BCUT2D eigenvalue weighted by atomic mass is 10.3. The van der Waals surface area contributed by atoms with Gasteiger partial charge in [-0.1, -0.05) is 0 Å². The van der Waals surface area contributed by atoms with Crippen LogP contribution in [0.1, 0.15) is 13.8 Å². The molecule has 1 aliphatic rings. The molecule has 2 heteroatoms. The largest absolute Gasteiger partial charge is 0.369 e. The van der Waals surface area contributed by atoms with Crippen molar-refractivity contribution in [2.75, 3.05) is 26.3 Å². The normalized spacial score (nSPS) is 23.0. The molecule has 0 atom stereocenters. The molecule has 0 spiro atoms.